The zero-order chi connectivity index (χ0) is 11.4. The number of hydrogen-bond acceptors (Lipinski definition) is 2. The van der Waals surface area contributed by atoms with Crippen LogP contribution < -0.4 is 5.73 Å². The molecular weight excluding hydrogens is 232 g/mol. The number of hydrogen-bond donors (Lipinski definition) is 1. The van der Waals surface area contributed by atoms with E-state index >= 15 is 0 Å². The van der Waals surface area contributed by atoms with Gasteiger partial charge in [0.05, 0.1) is 11.5 Å². The molecule has 0 aromatic heterocycles. The van der Waals surface area contributed by atoms with Crippen LogP contribution >= 0.6 is 23.8 Å². The van der Waals surface area contributed by atoms with Gasteiger partial charge in [0.2, 0.25) is 0 Å². The number of carbonyl (C=O) groups is 1. The fourth-order valence-corrected chi connectivity index (χ4v) is 1.53. The number of thiocarbonyl (C=S) groups is 1. The molecule has 0 aliphatic rings. The molecule has 3 nitrogen and oxygen atoms in total. The van der Waals surface area contributed by atoms with Gasteiger partial charge in [-0.2, -0.15) is 0 Å². The number of benzene rings is 1. The molecule has 1 aromatic rings. The van der Waals surface area contributed by atoms with Crippen LogP contribution in [0.4, 0.5) is 0 Å². The maximum atomic E-state index is 11.8. The Bertz CT molecular complexity index is 395. The number of halogens is 1. The third kappa shape index (κ3) is 3.49. The Balaban J connectivity index is 2.80. The first kappa shape index (κ1) is 11.9. The highest BCUT2D eigenvalue weighted by Gasteiger charge is 2.11. The van der Waals surface area contributed by atoms with E-state index in [0.717, 1.165) is 0 Å². The van der Waals surface area contributed by atoms with E-state index in [1.54, 1.807) is 31.3 Å². The SMILES string of the molecule is CN(CC(N)=S)C(=O)c1cccc(Cl)c1. The molecule has 0 radical (unpaired) electrons. The summed E-state index contributed by atoms with van der Waals surface area (Å²) < 4.78 is 0. The number of nitrogens with two attached hydrogens (primary N) is 1. The van der Waals surface area contributed by atoms with E-state index in [1.165, 1.54) is 4.90 Å². The van der Waals surface area contributed by atoms with Crippen molar-refractivity contribution in [2.24, 2.45) is 5.73 Å². The van der Waals surface area contributed by atoms with E-state index in [4.69, 9.17) is 29.6 Å². The molecule has 0 spiro atoms. The largest absolute Gasteiger partial charge is 0.392 e. The Hall–Kier alpha value is -1.13. The minimum atomic E-state index is -0.148. The summed E-state index contributed by atoms with van der Waals surface area (Å²) in [7, 11) is 1.64. The van der Waals surface area contributed by atoms with Gasteiger partial charge in [0.25, 0.3) is 5.91 Å². The molecule has 0 unspecified atom stereocenters. The van der Waals surface area contributed by atoms with E-state index < -0.39 is 0 Å². The lowest BCUT2D eigenvalue weighted by Crippen LogP contribution is -2.34. The Kier molecular flexibility index (Phi) is 4.05. The molecule has 0 fully saturated rings. The summed E-state index contributed by atoms with van der Waals surface area (Å²) in [6.07, 6.45) is 0. The molecule has 5 heteroatoms. The van der Waals surface area contributed by atoms with E-state index in [1.807, 2.05) is 0 Å². The number of amides is 1. The molecule has 80 valence electrons. The van der Waals surface area contributed by atoms with Gasteiger partial charge in [-0.05, 0) is 18.2 Å². The molecule has 0 saturated carbocycles. The topological polar surface area (TPSA) is 46.3 Å². The van der Waals surface area contributed by atoms with Crippen molar-refractivity contribution in [3.63, 3.8) is 0 Å². The molecule has 2 N–H and O–H groups in total. The van der Waals surface area contributed by atoms with Crippen molar-refractivity contribution in [3.8, 4) is 0 Å². The molecule has 0 aliphatic heterocycles. The number of carbonyl (C=O) groups excluding carboxylic acids is 1. The Labute approximate surface area is 98.8 Å². The van der Waals surface area contributed by atoms with Crippen LogP contribution in [0, 0.1) is 0 Å². The lowest BCUT2D eigenvalue weighted by atomic mass is 10.2. The molecule has 0 atom stereocenters. The highest BCUT2D eigenvalue weighted by molar-refractivity contribution is 7.80. The molecule has 0 heterocycles. The summed E-state index contributed by atoms with van der Waals surface area (Å²) in [4.78, 5) is 13.5. The molecule has 1 aromatic carbocycles. The van der Waals surface area contributed by atoms with E-state index in [0.29, 0.717) is 10.6 Å². The monoisotopic (exact) mass is 242 g/mol. The van der Waals surface area contributed by atoms with E-state index in [-0.39, 0.29) is 17.4 Å². The van der Waals surface area contributed by atoms with Crippen LogP contribution in [0.3, 0.4) is 0 Å². The molecule has 0 saturated heterocycles. The molecule has 1 amide bonds. The maximum absolute atomic E-state index is 11.8. The molecule has 15 heavy (non-hydrogen) atoms. The average molecular weight is 243 g/mol. The third-order valence-electron chi connectivity index (χ3n) is 1.81. The highest BCUT2D eigenvalue weighted by Crippen LogP contribution is 2.12. The van der Waals surface area contributed by atoms with Crippen LogP contribution in [0.5, 0.6) is 0 Å². The first-order valence-corrected chi connectivity index (χ1v) is 5.08. The number of rotatable bonds is 3. The Morgan fingerprint density at radius 1 is 1.60 bits per heavy atom. The van der Waals surface area contributed by atoms with Crippen molar-refractivity contribution in [2.45, 2.75) is 0 Å². The molecular formula is C10H11ClN2OS. The van der Waals surface area contributed by atoms with Crippen molar-refractivity contribution >= 4 is 34.7 Å². The summed E-state index contributed by atoms with van der Waals surface area (Å²) in [5.74, 6) is -0.148. The lowest BCUT2D eigenvalue weighted by molar-refractivity contribution is 0.0815. The predicted molar refractivity (Wildman–Crippen MR) is 65.2 cm³/mol. The average Bonchev–Trinajstić information content (AvgIpc) is 2.15. The molecule has 1 rings (SSSR count). The van der Waals surface area contributed by atoms with Crippen molar-refractivity contribution in [3.05, 3.63) is 34.9 Å². The zero-order valence-electron chi connectivity index (χ0n) is 8.24. The van der Waals surface area contributed by atoms with Gasteiger partial charge in [-0.25, -0.2) is 0 Å². The maximum Gasteiger partial charge on any atom is 0.254 e. The normalized spacial score (nSPS) is 9.73. The summed E-state index contributed by atoms with van der Waals surface area (Å²) >= 11 is 10.5. The van der Waals surface area contributed by atoms with Crippen molar-refractivity contribution < 1.29 is 4.79 Å². The highest BCUT2D eigenvalue weighted by atomic mass is 35.5. The van der Waals surface area contributed by atoms with Crippen molar-refractivity contribution in [1.29, 1.82) is 0 Å². The summed E-state index contributed by atoms with van der Waals surface area (Å²) in [5, 5.41) is 0.532. The van der Waals surface area contributed by atoms with Crippen LogP contribution in [0.2, 0.25) is 5.02 Å². The zero-order valence-corrected chi connectivity index (χ0v) is 9.81. The van der Waals surface area contributed by atoms with Crippen LogP contribution in [0.15, 0.2) is 24.3 Å². The minimum Gasteiger partial charge on any atom is -0.392 e. The van der Waals surface area contributed by atoms with Crippen molar-refractivity contribution in [1.82, 2.24) is 4.90 Å². The summed E-state index contributed by atoms with van der Waals surface area (Å²) in [5.41, 5.74) is 5.88. The lowest BCUT2D eigenvalue weighted by Gasteiger charge is -2.16. The first-order chi connectivity index (χ1) is 7.00. The van der Waals surface area contributed by atoms with Gasteiger partial charge in [0, 0.05) is 17.6 Å². The van der Waals surface area contributed by atoms with Crippen LogP contribution in [-0.2, 0) is 0 Å². The summed E-state index contributed by atoms with van der Waals surface area (Å²) in [6, 6.07) is 6.75. The first-order valence-electron chi connectivity index (χ1n) is 4.30. The van der Waals surface area contributed by atoms with Gasteiger partial charge in [0.1, 0.15) is 0 Å². The molecule has 0 aliphatic carbocycles. The van der Waals surface area contributed by atoms with Gasteiger partial charge in [-0.15, -0.1) is 0 Å². The second-order valence-corrected chi connectivity index (χ2v) is 4.10. The van der Waals surface area contributed by atoms with Crippen LogP contribution in [-0.4, -0.2) is 29.4 Å². The van der Waals surface area contributed by atoms with Gasteiger partial charge in [-0.1, -0.05) is 29.9 Å². The van der Waals surface area contributed by atoms with Gasteiger partial charge >= 0.3 is 0 Å². The molecule has 0 bridgehead atoms. The van der Waals surface area contributed by atoms with Crippen LogP contribution in [0.25, 0.3) is 0 Å². The fourth-order valence-electron chi connectivity index (χ4n) is 1.15. The quantitative estimate of drug-likeness (QED) is 0.821. The van der Waals surface area contributed by atoms with Crippen LogP contribution in [0.1, 0.15) is 10.4 Å². The van der Waals surface area contributed by atoms with Gasteiger partial charge in [-0.3, -0.25) is 4.79 Å². The van der Waals surface area contributed by atoms with Gasteiger partial charge < -0.3 is 10.6 Å². The standard InChI is InChI=1S/C10H11ClN2OS/c1-13(6-9(12)15)10(14)7-3-2-4-8(11)5-7/h2-5H,6H2,1H3,(H2,12,15). The summed E-state index contributed by atoms with van der Waals surface area (Å²) in [6.45, 7) is 0.265. The van der Waals surface area contributed by atoms with E-state index in [2.05, 4.69) is 0 Å². The second kappa shape index (κ2) is 5.09. The van der Waals surface area contributed by atoms with Gasteiger partial charge in [0.15, 0.2) is 0 Å². The Morgan fingerprint density at radius 3 is 2.80 bits per heavy atom. The van der Waals surface area contributed by atoms with Crippen molar-refractivity contribution in [2.75, 3.05) is 13.6 Å². The number of nitrogens with zero attached hydrogens (tertiary/aromatic N) is 1. The third-order valence-corrected chi connectivity index (χ3v) is 2.18. The fraction of sp³-hybridized carbons (Fsp3) is 0.200. The van der Waals surface area contributed by atoms with E-state index in [9.17, 15) is 4.79 Å². The number of likely N-dealkylation sites (N-methyl/N-ethyl adjacent to an activating group) is 1. The smallest absolute Gasteiger partial charge is 0.254 e. The Morgan fingerprint density at radius 2 is 2.27 bits per heavy atom. The second-order valence-electron chi connectivity index (χ2n) is 3.14. The minimum absolute atomic E-state index is 0.148. The predicted octanol–water partition coefficient (Wildman–Crippen LogP) is 1.70.